The van der Waals surface area contributed by atoms with Crippen LogP contribution in [0.3, 0.4) is 0 Å². The summed E-state index contributed by atoms with van der Waals surface area (Å²) < 4.78 is 15.7. The lowest BCUT2D eigenvalue weighted by Crippen LogP contribution is -2.08. The van der Waals surface area contributed by atoms with Crippen LogP contribution in [0.4, 0.5) is 0 Å². The summed E-state index contributed by atoms with van der Waals surface area (Å²) >= 11 is 0. The highest BCUT2D eigenvalue weighted by molar-refractivity contribution is 5.19. The molecule has 0 aliphatic carbocycles. The van der Waals surface area contributed by atoms with E-state index in [-0.39, 0.29) is 6.04 Å². The van der Waals surface area contributed by atoms with E-state index in [4.69, 9.17) is 19.9 Å². The first kappa shape index (κ1) is 14.9. The van der Waals surface area contributed by atoms with Crippen LogP contribution in [0.1, 0.15) is 24.9 Å². The van der Waals surface area contributed by atoms with E-state index in [2.05, 4.69) is 4.98 Å². The van der Waals surface area contributed by atoms with Gasteiger partial charge in [0.1, 0.15) is 0 Å². The zero-order valence-corrected chi connectivity index (χ0v) is 11.1. The van der Waals surface area contributed by atoms with Gasteiger partial charge in [-0.2, -0.15) is 0 Å². The topological polar surface area (TPSA) is 66.6 Å². The summed E-state index contributed by atoms with van der Waals surface area (Å²) in [6, 6.07) is 3.77. The van der Waals surface area contributed by atoms with Gasteiger partial charge in [-0.25, -0.2) is 4.98 Å². The van der Waals surface area contributed by atoms with Crippen molar-refractivity contribution < 1.29 is 14.2 Å². The number of aromatic nitrogens is 1. The van der Waals surface area contributed by atoms with Crippen molar-refractivity contribution in [2.24, 2.45) is 5.73 Å². The second-order valence-electron chi connectivity index (χ2n) is 4.03. The van der Waals surface area contributed by atoms with Gasteiger partial charge in [0, 0.05) is 38.4 Å². The molecule has 1 rings (SSSR count). The van der Waals surface area contributed by atoms with Crippen LogP contribution in [0.15, 0.2) is 18.3 Å². The highest BCUT2D eigenvalue weighted by Gasteiger charge is 2.00. The Kier molecular flexibility index (Phi) is 7.32. The summed E-state index contributed by atoms with van der Waals surface area (Å²) in [7, 11) is 1.66. The molecule has 0 unspecified atom stereocenters. The van der Waals surface area contributed by atoms with Crippen LogP contribution in [-0.2, 0) is 9.47 Å². The summed E-state index contributed by atoms with van der Waals surface area (Å²) in [5.41, 5.74) is 6.74. The van der Waals surface area contributed by atoms with Crippen LogP contribution in [0.5, 0.6) is 5.88 Å². The Hall–Kier alpha value is -1.17. The second kappa shape index (κ2) is 8.85. The van der Waals surface area contributed by atoms with Crippen molar-refractivity contribution in [3.8, 4) is 5.88 Å². The van der Waals surface area contributed by atoms with Crippen molar-refractivity contribution in [3.05, 3.63) is 23.9 Å². The van der Waals surface area contributed by atoms with Crippen LogP contribution in [0.25, 0.3) is 0 Å². The van der Waals surface area contributed by atoms with Crippen LogP contribution in [0, 0.1) is 0 Å². The van der Waals surface area contributed by atoms with Gasteiger partial charge in [0.2, 0.25) is 5.88 Å². The molecule has 5 nitrogen and oxygen atoms in total. The van der Waals surface area contributed by atoms with E-state index in [0.717, 1.165) is 12.0 Å². The van der Waals surface area contributed by atoms with Gasteiger partial charge in [-0.05, 0) is 12.5 Å². The second-order valence-corrected chi connectivity index (χ2v) is 4.03. The molecule has 5 heteroatoms. The minimum Gasteiger partial charge on any atom is -0.478 e. The highest BCUT2D eigenvalue weighted by atomic mass is 16.5. The van der Waals surface area contributed by atoms with Crippen molar-refractivity contribution in [1.82, 2.24) is 4.98 Å². The number of hydrogen-bond acceptors (Lipinski definition) is 5. The van der Waals surface area contributed by atoms with E-state index in [0.29, 0.717) is 32.3 Å². The lowest BCUT2D eigenvalue weighted by Gasteiger charge is -2.08. The maximum absolute atomic E-state index is 5.74. The quantitative estimate of drug-likeness (QED) is 0.677. The number of rotatable bonds is 9. The summed E-state index contributed by atoms with van der Waals surface area (Å²) in [4.78, 5) is 4.18. The third-order valence-corrected chi connectivity index (χ3v) is 2.40. The van der Waals surface area contributed by atoms with Crippen molar-refractivity contribution in [2.75, 3.05) is 33.5 Å². The van der Waals surface area contributed by atoms with Crippen molar-refractivity contribution in [3.63, 3.8) is 0 Å². The third-order valence-electron chi connectivity index (χ3n) is 2.40. The molecule has 102 valence electrons. The SMILES string of the molecule is COCCOCCCOc1ccc([C@H](C)N)cn1. The smallest absolute Gasteiger partial charge is 0.213 e. The van der Waals surface area contributed by atoms with Gasteiger partial charge in [-0.1, -0.05) is 6.07 Å². The molecule has 0 bridgehead atoms. The lowest BCUT2D eigenvalue weighted by molar-refractivity contribution is 0.0642. The summed E-state index contributed by atoms with van der Waals surface area (Å²) in [6.45, 7) is 4.44. The van der Waals surface area contributed by atoms with E-state index >= 15 is 0 Å². The molecule has 0 spiro atoms. The molecule has 0 aliphatic rings. The standard InChI is InChI=1S/C13H22N2O3/c1-11(14)12-4-5-13(15-10-12)18-7-3-6-17-9-8-16-2/h4-5,10-11H,3,6-9,14H2,1-2H3/t11-/m0/s1. The van der Waals surface area contributed by atoms with Gasteiger partial charge in [-0.3, -0.25) is 0 Å². The maximum Gasteiger partial charge on any atom is 0.213 e. The third kappa shape index (κ3) is 5.95. The molecule has 18 heavy (non-hydrogen) atoms. The fraction of sp³-hybridized carbons (Fsp3) is 0.615. The Labute approximate surface area is 108 Å². The average molecular weight is 254 g/mol. The van der Waals surface area contributed by atoms with Crippen LogP contribution in [0.2, 0.25) is 0 Å². The first-order chi connectivity index (χ1) is 8.74. The molecular weight excluding hydrogens is 232 g/mol. The van der Waals surface area contributed by atoms with E-state index in [1.54, 1.807) is 13.3 Å². The van der Waals surface area contributed by atoms with Gasteiger partial charge in [0.25, 0.3) is 0 Å². The number of methoxy groups -OCH3 is 1. The molecule has 0 aromatic carbocycles. The van der Waals surface area contributed by atoms with E-state index in [9.17, 15) is 0 Å². The Balaban J connectivity index is 2.12. The molecule has 0 fully saturated rings. The van der Waals surface area contributed by atoms with Gasteiger partial charge >= 0.3 is 0 Å². The molecule has 0 aliphatic heterocycles. The van der Waals surface area contributed by atoms with Gasteiger partial charge in [-0.15, -0.1) is 0 Å². The monoisotopic (exact) mass is 254 g/mol. The predicted octanol–water partition coefficient (Wildman–Crippen LogP) is 1.53. The average Bonchev–Trinajstić information content (AvgIpc) is 2.38. The number of hydrogen-bond donors (Lipinski definition) is 1. The van der Waals surface area contributed by atoms with Crippen molar-refractivity contribution in [2.45, 2.75) is 19.4 Å². The largest absolute Gasteiger partial charge is 0.478 e. The zero-order valence-electron chi connectivity index (χ0n) is 11.1. The number of nitrogens with two attached hydrogens (primary N) is 1. The zero-order chi connectivity index (χ0) is 13.2. The molecular formula is C13H22N2O3. The lowest BCUT2D eigenvalue weighted by atomic mass is 10.2. The van der Waals surface area contributed by atoms with Gasteiger partial charge < -0.3 is 19.9 Å². The van der Waals surface area contributed by atoms with E-state index in [1.165, 1.54) is 0 Å². The minimum absolute atomic E-state index is 0.000680. The Morgan fingerprint density at radius 2 is 2.06 bits per heavy atom. The Morgan fingerprint density at radius 1 is 1.22 bits per heavy atom. The molecule has 1 aromatic rings. The normalized spacial score (nSPS) is 12.4. The van der Waals surface area contributed by atoms with Crippen molar-refractivity contribution >= 4 is 0 Å². The highest BCUT2D eigenvalue weighted by Crippen LogP contribution is 2.12. The molecule has 1 heterocycles. The van der Waals surface area contributed by atoms with E-state index in [1.807, 2.05) is 19.1 Å². The van der Waals surface area contributed by atoms with Crippen molar-refractivity contribution in [1.29, 1.82) is 0 Å². The van der Waals surface area contributed by atoms with Crippen LogP contribution < -0.4 is 10.5 Å². The summed E-state index contributed by atoms with van der Waals surface area (Å²) in [5.74, 6) is 0.622. The molecule has 1 aromatic heterocycles. The number of ether oxygens (including phenoxy) is 3. The summed E-state index contributed by atoms with van der Waals surface area (Å²) in [5, 5.41) is 0. The first-order valence-electron chi connectivity index (χ1n) is 6.15. The van der Waals surface area contributed by atoms with E-state index < -0.39 is 0 Å². The number of pyridine rings is 1. The Morgan fingerprint density at radius 3 is 2.67 bits per heavy atom. The number of nitrogens with zero attached hydrogens (tertiary/aromatic N) is 1. The van der Waals surface area contributed by atoms with Crippen LogP contribution in [-0.4, -0.2) is 38.5 Å². The molecule has 0 radical (unpaired) electrons. The van der Waals surface area contributed by atoms with Gasteiger partial charge in [0.15, 0.2) is 0 Å². The molecule has 0 amide bonds. The first-order valence-corrected chi connectivity index (χ1v) is 6.15. The maximum atomic E-state index is 5.74. The minimum atomic E-state index is 0.000680. The molecule has 2 N–H and O–H groups in total. The fourth-order valence-corrected chi connectivity index (χ4v) is 1.33. The van der Waals surface area contributed by atoms with Gasteiger partial charge in [0.05, 0.1) is 19.8 Å². The molecule has 0 saturated heterocycles. The Bertz CT molecular complexity index is 315. The molecule has 0 saturated carbocycles. The van der Waals surface area contributed by atoms with Crippen LogP contribution >= 0.6 is 0 Å². The summed E-state index contributed by atoms with van der Waals surface area (Å²) in [6.07, 6.45) is 2.58. The fourth-order valence-electron chi connectivity index (χ4n) is 1.33. The molecule has 1 atom stereocenters. The predicted molar refractivity (Wildman–Crippen MR) is 69.6 cm³/mol.